The van der Waals surface area contributed by atoms with Gasteiger partial charge in [-0.1, -0.05) is 18.2 Å². The molecule has 0 aliphatic carbocycles. The van der Waals surface area contributed by atoms with Crippen LogP contribution in [0.1, 0.15) is 25.6 Å². The number of hydrogen-bond acceptors (Lipinski definition) is 5. The molecular weight excluding hydrogens is 398 g/mol. The summed E-state index contributed by atoms with van der Waals surface area (Å²) in [7, 11) is -3.74. The molecule has 0 spiro atoms. The van der Waals surface area contributed by atoms with Gasteiger partial charge in [0.2, 0.25) is 10.0 Å². The molecule has 1 heterocycles. The van der Waals surface area contributed by atoms with Crippen molar-refractivity contribution >= 4 is 38.9 Å². The van der Waals surface area contributed by atoms with Crippen LogP contribution < -0.4 is 15.8 Å². The number of anilines is 1. The van der Waals surface area contributed by atoms with E-state index in [0.717, 1.165) is 11.3 Å². The Balaban J connectivity index is 1.58. The molecule has 7 nitrogen and oxygen atoms in total. The fourth-order valence-electron chi connectivity index (χ4n) is 2.37. The van der Waals surface area contributed by atoms with Gasteiger partial charge in [0.15, 0.2) is 0 Å². The summed E-state index contributed by atoms with van der Waals surface area (Å²) < 4.78 is 22.6. The van der Waals surface area contributed by atoms with Crippen molar-refractivity contribution in [2.24, 2.45) is 5.14 Å². The third kappa shape index (κ3) is 5.03. The van der Waals surface area contributed by atoms with Crippen molar-refractivity contribution in [2.75, 3.05) is 5.32 Å². The Labute approximate surface area is 166 Å². The van der Waals surface area contributed by atoms with Gasteiger partial charge in [0.25, 0.3) is 11.8 Å². The van der Waals surface area contributed by atoms with Gasteiger partial charge in [-0.25, -0.2) is 13.6 Å². The molecule has 28 heavy (non-hydrogen) atoms. The molecule has 0 fully saturated rings. The predicted octanol–water partition coefficient (Wildman–Crippen LogP) is 2.58. The summed E-state index contributed by atoms with van der Waals surface area (Å²) >= 11 is 1.01. The number of sulfonamides is 1. The molecule has 2 aromatic carbocycles. The highest BCUT2D eigenvalue weighted by Crippen LogP contribution is 2.20. The Morgan fingerprint density at radius 2 is 1.50 bits per heavy atom. The van der Waals surface area contributed by atoms with Gasteiger partial charge >= 0.3 is 0 Å². The third-order valence-corrected chi connectivity index (χ3v) is 6.31. The van der Waals surface area contributed by atoms with Crippen LogP contribution in [0.2, 0.25) is 0 Å². The largest absolute Gasteiger partial charge is 0.347 e. The number of nitrogens with two attached hydrogens (primary N) is 1. The van der Waals surface area contributed by atoms with E-state index >= 15 is 0 Å². The van der Waals surface area contributed by atoms with Crippen LogP contribution in [0, 0.1) is 0 Å². The molecule has 0 bridgehead atoms. The lowest BCUT2D eigenvalue weighted by Crippen LogP contribution is -2.22. The monoisotopic (exact) mass is 415 g/mol. The molecule has 2 amide bonds. The van der Waals surface area contributed by atoms with Crippen molar-refractivity contribution < 1.29 is 18.0 Å². The van der Waals surface area contributed by atoms with Crippen LogP contribution in [0.4, 0.5) is 5.69 Å². The number of hydrogen-bond donors (Lipinski definition) is 3. The van der Waals surface area contributed by atoms with E-state index in [1.165, 1.54) is 6.07 Å². The Morgan fingerprint density at radius 1 is 0.857 bits per heavy atom. The van der Waals surface area contributed by atoms with Gasteiger partial charge in [0, 0.05) is 21.7 Å². The van der Waals surface area contributed by atoms with Gasteiger partial charge in [0.1, 0.15) is 4.21 Å². The SMILES string of the molecule is NS(=O)(=O)c1ccc(CNC(=O)c2ccc(NC(=O)c3ccccc3)cc2)s1. The summed E-state index contributed by atoms with van der Waals surface area (Å²) in [5, 5.41) is 10.5. The van der Waals surface area contributed by atoms with Crippen LogP contribution >= 0.6 is 11.3 Å². The second-order valence-corrected chi connectivity index (χ2v) is 8.80. The number of rotatable bonds is 6. The van der Waals surface area contributed by atoms with Crippen LogP contribution in [0.3, 0.4) is 0 Å². The Bertz CT molecular complexity index is 1090. The first-order valence-electron chi connectivity index (χ1n) is 8.19. The number of amides is 2. The minimum absolute atomic E-state index is 0.0512. The topological polar surface area (TPSA) is 118 Å². The van der Waals surface area contributed by atoms with Crippen LogP contribution in [0.25, 0.3) is 0 Å². The van der Waals surface area contributed by atoms with Crippen LogP contribution in [-0.4, -0.2) is 20.2 Å². The summed E-state index contributed by atoms with van der Waals surface area (Å²) in [6.45, 7) is 0.186. The second-order valence-electron chi connectivity index (χ2n) is 5.85. The van der Waals surface area contributed by atoms with Gasteiger partial charge in [-0.3, -0.25) is 9.59 Å². The summed E-state index contributed by atoms with van der Waals surface area (Å²) in [5.74, 6) is -0.548. The second kappa shape index (κ2) is 8.34. The Hall–Kier alpha value is -3.01. The molecule has 0 saturated carbocycles. The molecular formula is C19H17N3O4S2. The zero-order chi connectivity index (χ0) is 20.1. The molecule has 4 N–H and O–H groups in total. The molecule has 3 aromatic rings. The highest BCUT2D eigenvalue weighted by atomic mass is 32.2. The molecule has 9 heteroatoms. The first kappa shape index (κ1) is 19.7. The molecule has 0 radical (unpaired) electrons. The number of carbonyl (C=O) groups excluding carboxylic acids is 2. The molecule has 0 atom stereocenters. The lowest BCUT2D eigenvalue weighted by Gasteiger charge is -2.07. The molecule has 0 unspecified atom stereocenters. The summed E-state index contributed by atoms with van der Waals surface area (Å²) in [5.41, 5.74) is 1.53. The normalized spacial score (nSPS) is 11.0. The summed E-state index contributed by atoms with van der Waals surface area (Å²) in [6.07, 6.45) is 0. The zero-order valence-corrected chi connectivity index (χ0v) is 16.2. The smallest absolute Gasteiger partial charge is 0.255 e. The maximum atomic E-state index is 12.2. The van der Waals surface area contributed by atoms with Crippen LogP contribution in [-0.2, 0) is 16.6 Å². The predicted molar refractivity (Wildman–Crippen MR) is 108 cm³/mol. The maximum absolute atomic E-state index is 12.2. The molecule has 0 saturated heterocycles. The van der Waals surface area contributed by atoms with Crippen molar-refractivity contribution in [1.82, 2.24) is 5.32 Å². The number of thiophene rings is 1. The fourth-order valence-corrected chi connectivity index (χ4v) is 4.09. The third-order valence-electron chi connectivity index (χ3n) is 3.78. The van der Waals surface area contributed by atoms with Gasteiger partial charge in [-0.2, -0.15) is 0 Å². The molecule has 3 rings (SSSR count). The van der Waals surface area contributed by atoms with E-state index in [4.69, 9.17) is 5.14 Å². The zero-order valence-electron chi connectivity index (χ0n) is 14.6. The van der Waals surface area contributed by atoms with E-state index in [0.29, 0.717) is 21.7 Å². The number of carbonyl (C=O) groups is 2. The van der Waals surface area contributed by atoms with Crippen molar-refractivity contribution in [2.45, 2.75) is 10.8 Å². The Kier molecular flexibility index (Phi) is 5.88. The minimum Gasteiger partial charge on any atom is -0.347 e. The molecule has 144 valence electrons. The highest BCUT2D eigenvalue weighted by Gasteiger charge is 2.12. The minimum atomic E-state index is -3.74. The molecule has 0 aliphatic heterocycles. The first-order chi connectivity index (χ1) is 13.3. The standard InChI is InChI=1S/C19H17N3O4S2/c20-28(25,26)17-11-10-16(27-17)12-21-18(23)14-6-8-15(9-7-14)22-19(24)13-4-2-1-3-5-13/h1-11H,12H2,(H,21,23)(H,22,24)(H2,20,25,26). The number of benzene rings is 2. The lowest BCUT2D eigenvalue weighted by molar-refractivity contribution is 0.0950. The van der Waals surface area contributed by atoms with Gasteiger partial charge in [0.05, 0.1) is 6.54 Å². The maximum Gasteiger partial charge on any atom is 0.255 e. The van der Waals surface area contributed by atoms with Gasteiger partial charge in [-0.05, 0) is 48.5 Å². The van der Waals surface area contributed by atoms with E-state index in [-0.39, 0.29) is 22.6 Å². The summed E-state index contributed by atoms with van der Waals surface area (Å²) in [6, 6.07) is 18.3. The van der Waals surface area contributed by atoms with E-state index in [1.807, 2.05) is 6.07 Å². The van der Waals surface area contributed by atoms with Crippen molar-refractivity contribution in [3.8, 4) is 0 Å². The summed E-state index contributed by atoms with van der Waals surface area (Å²) in [4.78, 5) is 25.0. The highest BCUT2D eigenvalue weighted by molar-refractivity contribution is 7.91. The lowest BCUT2D eigenvalue weighted by atomic mass is 10.1. The van der Waals surface area contributed by atoms with Gasteiger partial charge in [-0.15, -0.1) is 11.3 Å². The average molecular weight is 415 g/mol. The van der Waals surface area contributed by atoms with Gasteiger partial charge < -0.3 is 10.6 Å². The number of nitrogens with one attached hydrogen (secondary N) is 2. The van der Waals surface area contributed by atoms with Crippen molar-refractivity contribution in [3.05, 3.63) is 82.7 Å². The Morgan fingerprint density at radius 3 is 2.11 bits per heavy atom. The molecule has 1 aromatic heterocycles. The van der Waals surface area contributed by atoms with Crippen LogP contribution in [0.15, 0.2) is 70.9 Å². The fraction of sp³-hybridized carbons (Fsp3) is 0.0526. The van der Waals surface area contributed by atoms with E-state index in [2.05, 4.69) is 10.6 Å². The van der Waals surface area contributed by atoms with Crippen molar-refractivity contribution in [1.29, 1.82) is 0 Å². The average Bonchev–Trinajstić information content (AvgIpc) is 3.17. The van der Waals surface area contributed by atoms with E-state index < -0.39 is 10.0 Å². The van der Waals surface area contributed by atoms with Crippen molar-refractivity contribution in [3.63, 3.8) is 0 Å². The van der Waals surface area contributed by atoms with E-state index in [9.17, 15) is 18.0 Å². The van der Waals surface area contributed by atoms with E-state index in [1.54, 1.807) is 54.6 Å². The molecule has 0 aliphatic rings. The first-order valence-corrected chi connectivity index (χ1v) is 10.6. The quantitative estimate of drug-likeness (QED) is 0.573. The number of primary sulfonamides is 1. The van der Waals surface area contributed by atoms with Crippen LogP contribution in [0.5, 0.6) is 0 Å².